The molecule has 0 aliphatic heterocycles. The third-order valence-electron chi connectivity index (χ3n) is 4.20. The summed E-state index contributed by atoms with van der Waals surface area (Å²) in [5, 5.41) is 4.96. The first-order valence-corrected chi connectivity index (χ1v) is 8.83. The molecule has 0 saturated heterocycles. The Morgan fingerprint density at radius 2 is 1.58 bits per heavy atom. The number of benzene rings is 3. The van der Waals surface area contributed by atoms with Gasteiger partial charge in [0.05, 0.1) is 5.39 Å². The Hall–Kier alpha value is -2.49. The largest absolute Gasteiger partial charge is 0.217 e. The molecule has 0 bridgehead atoms. The van der Waals surface area contributed by atoms with Gasteiger partial charge in [-0.1, -0.05) is 66.2 Å². The fraction of sp³-hybridized carbons (Fsp3) is 0. The maximum atomic E-state index is 6.51. The summed E-state index contributed by atoms with van der Waals surface area (Å²) in [5.74, 6) is 0.671. The number of thiophene rings is 1. The van der Waals surface area contributed by atoms with E-state index in [-0.39, 0.29) is 0 Å². The van der Waals surface area contributed by atoms with Crippen molar-refractivity contribution in [3.05, 3.63) is 71.9 Å². The predicted molar refractivity (Wildman–Crippen MR) is 103 cm³/mol. The Kier molecular flexibility index (Phi) is 3.05. The third-order valence-corrected chi connectivity index (χ3v) is 5.54. The Labute approximate surface area is 147 Å². The molecule has 0 atom stereocenters. The zero-order valence-electron chi connectivity index (χ0n) is 12.5. The molecule has 2 aromatic heterocycles. The van der Waals surface area contributed by atoms with E-state index >= 15 is 0 Å². The maximum Gasteiger partial charge on any atom is 0.162 e. The number of fused-ring (bicyclic) bond motifs is 4. The van der Waals surface area contributed by atoms with Crippen molar-refractivity contribution in [2.45, 2.75) is 0 Å². The molecule has 0 unspecified atom stereocenters. The predicted octanol–water partition coefficient (Wildman–Crippen LogP) is 6.32. The summed E-state index contributed by atoms with van der Waals surface area (Å²) in [7, 11) is 0. The molecule has 0 spiro atoms. The van der Waals surface area contributed by atoms with Crippen molar-refractivity contribution in [1.29, 1.82) is 0 Å². The average molecular weight is 347 g/mol. The Bertz CT molecular complexity index is 1230. The summed E-state index contributed by atoms with van der Waals surface area (Å²) in [6.07, 6.45) is 0. The van der Waals surface area contributed by atoms with Crippen LogP contribution >= 0.6 is 22.9 Å². The minimum absolute atomic E-state index is 0.514. The Morgan fingerprint density at radius 1 is 0.792 bits per heavy atom. The van der Waals surface area contributed by atoms with E-state index in [1.807, 2.05) is 30.3 Å². The van der Waals surface area contributed by atoms with E-state index < -0.39 is 0 Å². The number of rotatable bonds is 1. The molecule has 5 aromatic rings. The highest BCUT2D eigenvalue weighted by molar-refractivity contribution is 7.25. The molecule has 3 aromatic carbocycles. The van der Waals surface area contributed by atoms with E-state index in [4.69, 9.17) is 16.6 Å². The second kappa shape index (κ2) is 5.26. The Balaban J connectivity index is 1.78. The first-order chi connectivity index (χ1) is 11.8. The van der Waals surface area contributed by atoms with Crippen LogP contribution in [0, 0.1) is 0 Å². The summed E-state index contributed by atoms with van der Waals surface area (Å²) >= 11 is 8.16. The van der Waals surface area contributed by atoms with Crippen LogP contribution < -0.4 is 0 Å². The van der Waals surface area contributed by atoms with Crippen molar-refractivity contribution < 1.29 is 0 Å². The van der Waals surface area contributed by atoms with E-state index in [1.165, 1.54) is 15.5 Å². The summed E-state index contributed by atoms with van der Waals surface area (Å²) in [4.78, 5) is 10.3. The zero-order valence-corrected chi connectivity index (χ0v) is 14.1. The average Bonchev–Trinajstić information content (AvgIpc) is 3.00. The van der Waals surface area contributed by atoms with Gasteiger partial charge in [-0.05, 0) is 22.9 Å². The second-order valence-electron chi connectivity index (χ2n) is 5.68. The molecule has 2 heterocycles. The van der Waals surface area contributed by atoms with Crippen LogP contribution in [-0.4, -0.2) is 9.97 Å². The first kappa shape index (κ1) is 13.9. The molecule has 24 heavy (non-hydrogen) atoms. The van der Waals surface area contributed by atoms with E-state index in [2.05, 4.69) is 41.4 Å². The molecule has 0 amide bonds. The van der Waals surface area contributed by atoms with Gasteiger partial charge in [0.2, 0.25) is 0 Å². The van der Waals surface area contributed by atoms with Gasteiger partial charge in [0, 0.05) is 15.6 Å². The van der Waals surface area contributed by atoms with Crippen LogP contribution in [0.15, 0.2) is 66.7 Å². The SMILES string of the molecule is Clc1nc(-c2ccc3ccccc3c2)nc2sc3ccccc3c12. The molecule has 0 aliphatic carbocycles. The number of nitrogens with zero attached hydrogens (tertiary/aromatic N) is 2. The fourth-order valence-corrected chi connectivity index (χ4v) is 4.44. The standard InChI is InChI=1S/C20H11ClN2S/c21-18-17-15-7-3-4-8-16(15)24-20(17)23-19(22-18)14-10-9-12-5-1-2-6-13(12)11-14/h1-11H. The van der Waals surface area contributed by atoms with E-state index in [0.29, 0.717) is 11.0 Å². The quantitative estimate of drug-likeness (QED) is 0.332. The van der Waals surface area contributed by atoms with Crippen LogP contribution in [0.1, 0.15) is 0 Å². The number of aromatic nitrogens is 2. The Morgan fingerprint density at radius 3 is 2.50 bits per heavy atom. The van der Waals surface area contributed by atoms with Gasteiger partial charge in [-0.2, -0.15) is 0 Å². The van der Waals surface area contributed by atoms with Gasteiger partial charge in [0.1, 0.15) is 9.98 Å². The normalized spacial score (nSPS) is 11.5. The molecule has 0 fully saturated rings. The van der Waals surface area contributed by atoms with Crippen molar-refractivity contribution >= 4 is 54.0 Å². The van der Waals surface area contributed by atoms with E-state index in [0.717, 1.165) is 21.2 Å². The lowest BCUT2D eigenvalue weighted by Crippen LogP contribution is -1.90. The lowest BCUT2D eigenvalue weighted by Gasteiger charge is -2.04. The highest BCUT2D eigenvalue weighted by Gasteiger charge is 2.13. The van der Waals surface area contributed by atoms with Gasteiger partial charge >= 0.3 is 0 Å². The van der Waals surface area contributed by atoms with Crippen LogP contribution in [0.4, 0.5) is 0 Å². The highest BCUT2D eigenvalue weighted by atomic mass is 35.5. The number of hydrogen-bond acceptors (Lipinski definition) is 3. The summed E-state index contributed by atoms with van der Waals surface area (Å²) in [6.45, 7) is 0. The third kappa shape index (κ3) is 2.09. The molecule has 0 saturated carbocycles. The van der Waals surface area contributed by atoms with Gasteiger partial charge in [-0.25, -0.2) is 9.97 Å². The van der Waals surface area contributed by atoms with Gasteiger partial charge in [-0.15, -0.1) is 11.3 Å². The molecular formula is C20H11ClN2S. The highest BCUT2D eigenvalue weighted by Crippen LogP contribution is 2.37. The molecule has 5 rings (SSSR count). The van der Waals surface area contributed by atoms with Gasteiger partial charge in [-0.3, -0.25) is 0 Å². The second-order valence-corrected chi connectivity index (χ2v) is 7.07. The lowest BCUT2D eigenvalue weighted by molar-refractivity contribution is 1.24. The minimum atomic E-state index is 0.514. The van der Waals surface area contributed by atoms with Crippen molar-refractivity contribution in [3.8, 4) is 11.4 Å². The van der Waals surface area contributed by atoms with Crippen LogP contribution in [-0.2, 0) is 0 Å². The monoisotopic (exact) mass is 346 g/mol. The summed E-state index contributed by atoms with van der Waals surface area (Å²) in [5.41, 5.74) is 0.981. The van der Waals surface area contributed by atoms with Crippen molar-refractivity contribution in [1.82, 2.24) is 9.97 Å². The molecular weight excluding hydrogens is 336 g/mol. The van der Waals surface area contributed by atoms with Crippen LogP contribution in [0.2, 0.25) is 5.15 Å². The molecule has 0 N–H and O–H groups in total. The number of hydrogen-bond donors (Lipinski definition) is 0. The minimum Gasteiger partial charge on any atom is -0.217 e. The first-order valence-electron chi connectivity index (χ1n) is 7.63. The summed E-state index contributed by atoms with van der Waals surface area (Å²) < 4.78 is 1.18. The zero-order chi connectivity index (χ0) is 16.1. The smallest absolute Gasteiger partial charge is 0.162 e. The molecule has 0 radical (unpaired) electrons. The van der Waals surface area contributed by atoms with E-state index in [9.17, 15) is 0 Å². The van der Waals surface area contributed by atoms with E-state index in [1.54, 1.807) is 11.3 Å². The maximum absolute atomic E-state index is 6.51. The van der Waals surface area contributed by atoms with Gasteiger partial charge < -0.3 is 0 Å². The van der Waals surface area contributed by atoms with Crippen molar-refractivity contribution in [2.24, 2.45) is 0 Å². The van der Waals surface area contributed by atoms with Crippen LogP contribution in [0.3, 0.4) is 0 Å². The summed E-state index contributed by atoms with van der Waals surface area (Å²) in [6, 6.07) is 22.7. The lowest BCUT2D eigenvalue weighted by atomic mass is 10.1. The van der Waals surface area contributed by atoms with Crippen molar-refractivity contribution in [2.75, 3.05) is 0 Å². The fourth-order valence-electron chi connectivity index (χ4n) is 3.04. The van der Waals surface area contributed by atoms with Crippen molar-refractivity contribution in [3.63, 3.8) is 0 Å². The molecule has 114 valence electrons. The number of halogens is 1. The van der Waals surface area contributed by atoms with Gasteiger partial charge in [0.25, 0.3) is 0 Å². The topological polar surface area (TPSA) is 25.8 Å². The molecule has 0 aliphatic rings. The molecule has 2 nitrogen and oxygen atoms in total. The van der Waals surface area contributed by atoms with Gasteiger partial charge in [0.15, 0.2) is 5.82 Å². The molecule has 4 heteroatoms. The van der Waals surface area contributed by atoms with Crippen LogP contribution in [0.5, 0.6) is 0 Å². The van der Waals surface area contributed by atoms with Crippen LogP contribution in [0.25, 0.3) is 42.5 Å².